The number of carbonyl (C=O) groups is 2. The van der Waals surface area contributed by atoms with E-state index < -0.39 is 29.6 Å². The van der Waals surface area contributed by atoms with Crippen LogP contribution in [-0.2, 0) is 19.0 Å². The summed E-state index contributed by atoms with van der Waals surface area (Å²) in [6.07, 6.45) is -2.09. The van der Waals surface area contributed by atoms with E-state index in [9.17, 15) is 14.0 Å². The van der Waals surface area contributed by atoms with Gasteiger partial charge in [-0.2, -0.15) is 0 Å². The molecule has 1 atom stereocenters. The molecule has 0 saturated carbocycles. The molecular weight excluding hydrogens is 291 g/mol. The highest BCUT2D eigenvalue weighted by molar-refractivity contribution is 5.89. The third-order valence-electron chi connectivity index (χ3n) is 2.54. The number of carbonyl (C=O) groups excluding carboxylic acids is 2. The van der Waals surface area contributed by atoms with E-state index >= 15 is 0 Å². The molecule has 0 aliphatic carbocycles. The number of ether oxygens (including phenoxy) is 3. The van der Waals surface area contributed by atoms with Crippen LogP contribution in [0.5, 0.6) is 0 Å². The molecule has 6 heteroatoms. The summed E-state index contributed by atoms with van der Waals surface area (Å²) in [6.45, 7) is 8.60. The molecule has 0 aliphatic rings. The number of esters is 1. The highest BCUT2D eigenvalue weighted by atomic mass is 19.1. The molecule has 0 bridgehead atoms. The molecule has 120 valence electrons. The number of hydrogen-bond acceptors (Lipinski definition) is 5. The fraction of sp³-hybridized carbons (Fsp3) is 0.375. The predicted octanol–water partition coefficient (Wildman–Crippen LogP) is 3.55. The number of halogens is 1. The first-order chi connectivity index (χ1) is 10.1. The van der Waals surface area contributed by atoms with E-state index in [0.29, 0.717) is 5.56 Å². The third kappa shape index (κ3) is 5.20. The number of methoxy groups -OCH3 is 1. The summed E-state index contributed by atoms with van der Waals surface area (Å²) >= 11 is 0. The third-order valence-corrected chi connectivity index (χ3v) is 2.54. The van der Waals surface area contributed by atoms with Gasteiger partial charge in [-0.05, 0) is 38.5 Å². The van der Waals surface area contributed by atoms with E-state index in [0.717, 1.165) is 0 Å². The van der Waals surface area contributed by atoms with E-state index in [2.05, 4.69) is 11.3 Å². The maximum absolute atomic E-state index is 13.0. The summed E-state index contributed by atoms with van der Waals surface area (Å²) in [5.74, 6) is -1.19. The topological polar surface area (TPSA) is 61.8 Å². The van der Waals surface area contributed by atoms with Crippen molar-refractivity contribution in [3.05, 3.63) is 47.8 Å². The molecule has 0 amide bonds. The molecule has 0 radical (unpaired) electrons. The molecule has 0 N–H and O–H groups in total. The molecule has 22 heavy (non-hydrogen) atoms. The van der Waals surface area contributed by atoms with Crippen molar-refractivity contribution >= 4 is 12.1 Å². The van der Waals surface area contributed by atoms with Crippen molar-refractivity contribution in [3.63, 3.8) is 0 Å². The average Bonchev–Trinajstić information content (AvgIpc) is 2.42. The smallest absolute Gasteiger partial charge is 0.466 e. The Balaban J connectivity index is 3.01. The highest BCUT2D eigenvalue weighted by Crippen LogP contribution is 2.27. The van der Waals surface area contributed by atoms with Gasteiger partial charge in [0.15, 0.2) is 6.10 Å². The lowest BCUT2D eigenvalue weighted by Crippen LogP contribution is -2.27. The van der Waals surface area contributed by atoms with Crippen LogP contribution < -0.4 is 0 Å². The minimum Gasteiger partial charge on any atom is -0.466 e. The van der Waals surface area contributed by atoms with Crippen LogP contribution in [0.4, 0.5) is 9.18 Å². The monoisotopic (exact) mass is 310 g/mol. The predicted molar refractivity (Wildman–Crippen MR) is 77.6 cm³/mol. The zero-order valence-corrected chi connectivity index (χ0v) is 13.0. The van der Waals surface area contributed by atoms with Crippen molar-refractivity contribution in [1.82, 2.24) is 0 Å². The number of rotatable bonds is 4. The SMILES string of the molecule is C=C(C(=O)OC)[C@H](OC(=O)OC(C)(C)C)c1ccc(F)cc1. The van der Waals surface area contributed by atoms with Crippen molar-refractivity contribution in [2.45, 2.75) is 32.5 Å². The summed E-state index contributed by atoms with van der Waals surface area (Å²) in [5, 5.41) is 0. The molecule has 0 aromatic heterocycles. The maximum Gasteiger partial charge on any atom is 0.509 e. The molecule has 0 heterocycles. The first-order valence-electron chi connectivity index (χ1n) is 6.56. The highest BCUT2D eigenvalue weighted by Gasteiger charge is 2.28. The van der Waals surface area contributed by atoms with Crippen LogP contribution in [0.1, 0.15) is 32.4 Å². The Labute approximate surface area is 128 Å². The van der Waals surface area contributed by atoms with Crippen molar-refractivity contribution in [3.8, 4) is 0 Å². The lowest BCUT2D eigenvalue weighted by Gasteiger charge is -2.23. The Morgan fingerprint density at radius 2 is 1.73 bits per heavy atom. The van der Waals surface area contributed by atoms with Gasteiger partial charge in [-0.3, -0.25) is 0 Å². The quantitative estimate of drug-likeness (QED) is 0.628. The molecule has 0 saturated heterocycles. The molecule has 1 aromatic carbocycles. The molecule has 0 spiro atoms. The second-order valence-corrected chi connectivity index (χ2v) is 5.53. The van der Waals surface area contributed by atoms with E-state index in [-0.39, 0.29) is 5.57 Å². The minimum atomic E-state index is -1.12. The molecule has 0 unspecified atom stereocenters. The largest absolute Gasteiger partial charge is 0.509 e. The number of benzene rings is 1. The van der Waals surface area contributed by atoms with Crippen molar-refractivity contribution < 1.29 is 28.2 Å². The van der Waals surface area contributed by atoms with Crippen LogP contribution in [0.25, 0.3) is 0 Å². The normalized spacial score (nSPS) is 12.2. The average molecular weight is 310 g/mol. The second kappa shape index (κ2) is 7.06. The second-order valence-electron chi connectivity index (χ2n) is 5.53. The van der Waals surface area contributed by atoms with E-state index in [1.807, 2.05) is 0 Å². The van der Waals surface area contributed by atoms with Crippen LogP contribution in [0.3, 0.4) is 0 Å². The Bertz CT molecular complexity index is 557. The van der Waals surface area contributed by atoms with Crippen LogP contribution in [-0.4, -0.2) is 24.8 Å². The lowest BCUT2D eigenvalue weighted by molar-refractivity contribution is -0.137. The zero-order valence-electron chi connectivity index (χ0n) is 13.0. The molecule has 1 aromatic rings. The van der Waals surface area contributed by atoms with Gasteiger partial charge in [-0.15, -0.1) is 0 Å². The lowest BCUT2D eigenvalue weighted by atomic mass is 10.0. The van der Waals surface area contributed by atoms with Gasteiger partial charge in [-0.25, -0.2) is 14.0 Å². The zero-order chi connectivity index (χ0) is 16.9. The summed E-state index contributed by atoms with van der Waals surface area (Å²) < 4.78 is 27.8. The summed E-state index contributed by atoms with van der Waals surface area (Å²) in [5.41, 5.74) is -0.473. The number of hydrogen-bond donors (Lipinski definition) is 0. The van der Waals surface area contributed by atoms with Gasteiger partial charge in [0, 0.05) is 0 Å². The summed E-state index contributed by atoms with van der Waals surface area (Å²) in [6, 6.07) is 5.15. The van der Waals surface area contributed by atoms with Crippen molar-refractivity contribution in [1.29, 1.82) is 0 Å². The molecule has 5 nitrogen and oxygen atoms in total. The fourth-order valence-electron chi connectivity index (χ4n) is 1.59. The van der Waals surface area contributed by atoms with E-state index in [1.54, 1.807) is 20.8 Å². The van der Waals surface area contributed by atoms with Crippen molar-refractivity contribution in [2.24, 2.45) is 0 Å². The van der Waals surface area contributed by atoms with Crippen LogP contribution in [0, 0.1) is 5.82 Å². The van der Waals surface area contributed by atoms with Crippen LogP contribution in [0.15, 0.2) is 36.4 Å². The van der Waals surface area contributed by atoms with Crippen molar-refractivity contribution in [2.75, 3.05) is 7.11 Å². The Morgan fingerprint density at radius 1 is 1.18 bits per heavy atom. The Kier molecular flexibility index (Phi) is 5.68. The van der Waals surface area contributed by atoms with E-state index in [4.69, 9.17) is 9.47 Å². The van der Waals surface area contributed by atoms with Crippen LogP contribution in [0.2, 0.25) is 0 Å². The van der Waals surface area contributed by atoms with Gasteiger partial charge in [-0.1, -0.05) is 18.7 Å². The molecule has 0 aliphatic heterocycles. The summed E-state index contributed by atoms with van der Waals surface area (Å²) in [7, 11) is 1.18. The molecular formula is C16H19FO5. The molecule has 0 fully saturated rings. The van der Waals surface area contributed by atoms with Gasteiger partial charge >= 0.3 is 12.1 Å². The fourth-order valence-corrected chi connectivity index (χ4v) is 1.59. The first-order valence-corrected chi connectivity index (χ1v) is 6.56. The first kappa shape index (κ1) is 17.7. The Hall–Kier alpha value is -2.37. The van der Waals surface area contributed by atoms with Crippen LogP contribution >= 0.6 is 0 Å². The maximum atomic E-state index is 13.0. The molecule has 1 rings (SSSR count). The van der Waals surface area contributed by atoms with Gasteiger partial charge in [0.2, 0.25) is 0 Å². The van der Waals surface area contributed by atoms with Gasteiger partial charge < -0.3 is 14.2 Å². The van der Waals surface area contributed by atoms with Gasteiger partial charge in [0.05, 0.1) is 12.7 Å². The minimum absolute atomic E-state index is 0.0973. The standard InChI is InChI=1S/C16H19FO5/c1-10(14(18)20-5)13(11-6-8-12(17)9-7-11)21-15(19)22-16(2,3)4/h6-9,13H,1H2,2-5H3/t13-/m0/s1. The summed E-state index contributed by atoms with van der Waals surface area (Å²) in [4.78, 5) is 23.4. The Morgan fingerprint density at radius 3 is 2.18 bits per heavy atom. The van der Waals surface area contributed by atoms with Gasteiger partial charge in [0.25, 0.3) is 0 Å². The van der Waals surface area contributed by atoms with E-state index in [1.165, 1.54) is 31.4 Å². The van der Waals surface area contributed by atoms with Gasteiger partial charge in [0.1, 0.15) is 11.4 Å².